The predicted molar refractivity (Wildman–Crippen MR) is 75.0 cm³/mol. The van der Waals surface area contributed by atoms with Gasteiger partial charge in [0.1, 0.15) is 17.3 Å². The van der Waals surface area contributed by atoms with Gasteiger partial charge in [0.25, 0.3) is 0 Å². The van der Waals surface area contributed by atoms with Crippen molar-refractivity contribution < 1.29 is 9.13 Å². The van der Waals surface area contributed by atoms with Gasteiger partial charge in [0, 0.05) is 11.6 Å². The Bertz CT molecular complexity index is 675. The van der Waals surface area contributed by atoms with Crippen LogP contribution in [0, 0.1) is 24.1 Å². The van der Waals surface area contributed by atoms with Gasteiger partial charge in [0.05, 0.1) is 11.6 Å². The van der Waals surface area contributed by atoms with Crippen LogP contribution in [0.2, 0.25) is 0 Å². The summed E-state index contributed by atoms with van der Waals surface area (Å²) in [6.07, 6.45) is 0. The number of ether oxygens (including phenoxy) is 1. The van der Waals surface area contributed by atoms with Crippen LogP contribution in [-0.2, 0) is 0 Å². The second kappa shape index (κ2) is 5.72. The minimum absolute atomic E-state index is 0.347. The van der Waals surface area contributed by atoms with E-state index in [9.17, 15) is 4.39 Å². The van der Waals surface area contributed by atoms with Crippen molar-refractivity contribution in [3.8, 4) is 17.6 Å². The Balaban J connectivity index is 2.42. The summed E-state index contributed by atoms with van der Waals surface area (Å²) in [4.78, 5) is 0. The van der Waals surface area contributed by atoms with Crippen LogP contribution >= 0.6 is 0 Å². The van der Waals surface area contributed by atoms with Gasteiger partial charge in [-0.05, 0) is 49.7 Å². The summed E-state index contributed by atoms with van der Waals surface area (Å²) in [7, 11) is 0. The van der Waals surface area contributed by atoms with Gasteiger partial charge in [-0.3, -0.25) is 0 Å². The molecule has 0 unspecified atom stereocenters. The van der Waals surface area contributed by atoms with Gasteiger partial charge in [-0.2, -0.15) is 5.26 Å². The molecular weight excluding hydrogens is 255 g/mol. The van der Waals surface area contributed by atoms with E-state index in [-0.39, 0.29) is 11.9 Å². The minimum Gasteiger partial charge on any atom is -0.457 e. The van der Waals surface area contributed by atoms with Crippen LogP contribution in [0.1, 0.15) is 29.7 Å². The molecule has 2 N–H and O–H groups in total. The van der Waals surface area contributed by atoms with Crippen molar-refractivity contribution in [2.24, 2.45) is 5.73 Å². The molecule has 0 aliphatic carbocycles. The quantitative estimate of drug-likeness (QED) is 0.922. The molecule has 0 aromatic heterocycles. The maximum Gasteiger partial charge on any atom is 0.132 e. The lowest BCUT2D eigenvalue weighted by Crippen LogP contribution is -2.07. The number of halogens is 1. The maximum absolute atomic E-state index is 13.3. The van der Waals surface area contributed by atoms with Gasteiger partial charge in [-0.1, -0.05) is 6.07 Å². The van der Waals surface area contributed by atoms with Gasteiger partial charge < -0.3 is 10.5 Å². The molecule has 0 saturated heterocycles. The Morgan fingerprint density at radius 3 is 2.60 bits per heavy atom. The third-order valence-corrected chi connectivity index (χ3v) is 3.00. The Morgan fingerprint density at radius 1 is 1.20 bits per heavy atom. The van der Waals surface area contributed by atoms with E-state index < -0.39 is 0 Å². The average Bonchev–Trinajstić information content (AvgIpc) is 2.42. The largest absolute Gasteiger partial charge is 0.457 e. The molecule has 1 atom stereocenters. The summed E-state index contributed by atoms with van der Waals surface area (Å²) in [5.74, 6) is 0.712. The standard InChI is InChI=1S/C16H15FN2O/c1-10-3-4-12(9-18)7-16(10)20-15-6-5-13(17)8-14(15)11(2)19/h3-8,11H,19H2,1-2H3/t11-/m1/s1. The monoisotopic (exact) mass is 270 g/mol. The number of benzene rings is 2. The second-order valence-corrected chi connectivity index (χ2v) is 4.66. The third-order valence-electron chi connectivity index (χ3n) is 3.00. The molecule has 4 heteroatoms. The molecule has 0 saturated carbocycles. The minimum atomic E-state index is -0.354. The van der Waals surface area contributed by atoms with Crippen LogP contribution in [0.25, 0.3) is 0 Å². The van der Waals surface area contributed by atoms with Crippen molar-refractivity contribution in [1.29, 1.82) is 5.26 Å². The Kier molecular flexibility index (Phi) is 4.02. The number of nitriles is 1. The molecule has 2 aromatic carbocycles. The van der Waals surface area contributed by atoms with E-state index in [1.807, 2.05) is 13.0 Å². The molecule has 0 heterocycles. The van der Waals surface area contributed by atoms with Crippen LogP contribution < -0.4 is 10.5 Å². The fraction of sp³-hybridized carbons (Fsp3) is 0.188. The van der Waals surface area contributed by atoms with Crippen LogP contribution in [-0.4, -0.2) is 0 Å². The van der Waals surface area contributed by atoms with E-state index in [2.05, 4.69) is 6.07 Å². The van der Waals surface area contributed by atoms with Crippen molar-refractivity contribution in [2.45, 2.75) is 19.9 Å². The van der Waals surface area contributed by atoms with E-state index in [1.165, 1.54) is 12.1 Å². The normalized spacial score (nSPS) is 11.8. The summed E-state index contributed by atoms with van der Waals surface area (Å²) in [6.45, 7) is 3.64. The molecule has 20 heavy (non-hydrogen) atoms. The first-order chi connectivity index (χ1) is 9.51. The molecular formula is C16H15FN2O. The van der Waals surface area contributed by atoms with E-state index in [4.69, 9.17) is 15.7 Å². The molecule has 0 amide bonds. The Labute approximate surface area is 117 Å². The van der Waals surface area contributed by atoms with Gasteiger partial charge >= 0.3 is 0 Å². The highest BCUT2D eigenvalue weighted by atomic mass is 19.1. The highest BCUT2D eigenvalue weighted by Gasteiger charge is 2.12. The Morgan fingerprint density at radius 2 is 1.95 bits per heavy atom. The van der Waals surface area contributed by atoms with E-state index in [1.54, 1.807) is 25.1 Å². The summed E-state index contributed by atoms with van der Waals surface area (Å²) in [5.41, 5.74) is 7.82. The van der Waals surface area contributed by atoms with Gasteiger partial charge in [0.15, 0.2) is 0 Å². The number of rotatable bonds is 3. The smallest absolute Gasteiger partial charge is 0.132 e. The summed E-state index contributed by atoms with van der Waals surface area (Å²) in [5, 5.41) is 8.92. The molecule has 3 nitrogen and oxygen atoms in total. The van der Waals surface area contributed by atoms with Crippen LogP contribution in [0.3, 0.4) is 0 Å². The van der Waals surface area contributed by atoms with E-state index in [0.717, 1.165) is 5.56 Å². The number of hydrogen-bond acceptors (Lipinski definition) is 3. The average molecular weight is 270 g/mol. The van der Waals surface area contributed by atoms with E-state index in [0.29, 0.717) is 22.6 Å². The molecule has 102 valence electrons. The lowest BCUT2D eigenvalue weighted by atomic mass is 10.1. The van der Waals surface area contributed by atoms with Gasteiger partial charge in [-0.25, -0.2) is 4.39 Å². The zero-order valence-electron chi connectivity index (χ0n) is 11.4. The maximum atomic E-state index is 13.3. The van der Waals surface area contributed by atoms with Gasteiger partial charge in [0.2, 0.25) is 0 Å². The van der Waals surface area contributed by atoms with E-state index >= 15 is 0 Å². The third kappa shape index (κ3) is 2.95. The lowest BCUT2D eigenvalue weighted by molar-refractivity contribution is 0.465. The number of aryl methyl sites for hydroxylation is 1. The molecule has 0 fully saturated rings. The van der Waals surface area contributed by atoms with Crippen LogP contribution in [0.15, 0.2) is 36.4 Å². The highest BCUT2D eigenvalue weighted by molar-refractivity contribution is 5.46. The van der Waals surface area contributed by atoms with Crippen molar-refractivity contribution in [3.63, 3.8) is 0 Å². The molecule has 2 aromatic rings. The van der Waals surface area contributed by atoms with Crippen LogP contribution in [0.4, 0.5) is 4.39 Å². The van der Waals surface area contributed by atoms with Crippen molar-refractivity contribution in [1.82, 2.24) is 0 Å². The second-order valence-electron chi connectivity index (χ2n) is 4.66. The molecule has 0 aliphatic heterocycles. The number of nitrogens with zero attached hydrogens (tertiary/aromatic N) is 1. The van der Waals surface area contributed by atoms with Crippen molar-refractivity contribution in [2.75, 3.05) is 0 Å². The SMILES string of the molecule is Cc1ccc(C#N)cc1Oc1ccc(F)cc1[C@@H](C)N. The first-order valence-corrected chi connectivity index (χ1v) is 6.25. The highest BCUT2D eigenvalue weighted by Crippen LogP contribution is 2.31. The number of nitrogens with two attached hydrogens (primary N) is 1. The number of hydrogen-bond donors (Lipinski definition) is 1. The first-order valence-electron chi connectivity index (χ1n) is 6.25. The molecule has 2 rings (SSSR count). The summed E-state index contributed by atoms with van der Waals surface area (Å²) in [6, 6.07) is 11.1. The van der Waals surface area contributed by atoms with Crippen LogP contribution in [0.5, 0.6) is 11.5 Å². The fourth-order valence-corrected chi connectivity index (χ4v) is 1.87. The molecule has 0 bridgehead atoms. The van der Waals surface area contributed by atoms with Crippen molar-refractivity contribution >= 4 is 0 Å². The fourth-order valence-electron chi connectivity index (χ4n) is 1.87. The zero-order chi connectivity index (χ0) is 14.7. The summed E-state index contributed by atoms with van der Waals surface area (Å²) < 4.78 is 19.1. The first kappa shape index (κ1) is 14.0. The predicted octanol–water partition coefficient (Wildman–Crippen LogP) is 3.82. The molecule has 0 aliphatic rings. The lowest BCUT2D eigenvalue weighted by Gasteiger charge is -2.15. The summed E-state index contributed by atoms with van der Waals surface area (Å²) >= 11 is 0. The van der Waals surface area contributed by atoms with Crippen molar-refractivity contribution in [3.05, 3.63) is 58.9 Å². The topological polar surface area (TPSA) is 59.0 Å². The zero-order valence-corrected chi connectivity index (χ0v) is 11.4. The molecule has 0 spiro atoms. The Hall–Kier alpha value is -2.38. The molecule has 0 radical (unpaired) electrons. The van der Waals surface area contributed by atoms with Gasteiger partial charge in [-0.15, -0.1) is 0 Å².